The first-order valence-corrected chi connectivity index (χ1v) is 8.35. The third kappa shape index (κ3) is 5.36. The number of anilines is 3. The molecule has 0 atom stereocenters. The Morgan fingerprint density at radius 3 is 2.33 bits per heavy atom. The summed E-state index contributed by atoms with van der Waals surface area (Å²) in [5.41, 5.74) is 7.79. The molecule has 138 valence electrons. The van der Waals surface area contributed by atoms with Gasteiger partial charge in [-0.25, -0.2) is 4.68 Å². The number of hydrogen-bond donors (Lipinski definition) is 3. The minimum absolute atomic E-state index is 0.0598. The molecular formula is C18H19N7O2. The number of carbonyl (C=O) groups excluding carboxylic acids is 2. The Kier molecular flexibility index (Phi) is 5.73. The smallest absolute Gasteiger partial charge is 0.246 e. The number of rotatable bonds is 7. The molecule has 0 bridgehead atoms. The van der Waals surface area contributed by atoms with Crippen molar-refractivity contribution < 1.29 is 9.59 Å². The first-order chi connectivity index (χ1) is 13.1. The van der Waals surface area contributed by atoms with E-state index in [-0.39, 0.29) is 24.3 Å². The molecule has 27 heavy (non-hydrogen) atoms. The van der Waals surface area contributed by atoms with Crippen molar-refractivity contribution in [3.8, 4) is 0 Å². The van der Waals surface area contributed by atoms with E-state index in [1.807, 2.05) is 30.3 Å². The molecule has 0 saturated heterocycles. The molecule has 0 aliphatic heterocycles. The van der Waals surface area contributed by atoms with Crippen molar-refractivity contribution in [2.75, 3.05) is 16.4 Å². The van der Waals surface area contributed by atoms with Gasteiger partial charge in [0, 0.05) is 17.8 Å². The summed E-state index contributed by atoms with van der Waals surface area (Å²) in [5, 5.41) is 16.1. The van der Waals surface area contributed by atoms with Crippen molar-refractivity contribution in [3.05, 3.63) is 60.2 Å². The monoisotopic (exact) mass is 365 g/mol. The molecule has 1 aromatic heterocycles. The SMILES string of the molecule is Nc1nnnn1CC(=O)Nc1cccc(NC(=O)CCc2ccccc2)c1. The summed E-state index contributed by atoms with van der Waals surface area (Å²) in [4.78, 5) is 24.2. The van der Waals surface area contributed by atoms with Crippen LogP contribution in [0.5, 0.6) is 0 Å². The molecule has 9 nitrogen and oxygen atoms in total. The molecule has 0 unspecified atom stereocenters. The number of benzene rings is 2. The molecule has 0 radical (unpaired) electrons. The summed E-state index contributed by atoms with van der Waals surface area (Å²) in [7, 11) is 0. The Morgan fingerprint density at radius 2 is 1.67 bits per heavy atom. The zero-order chi connectivity index (χ0) is 19.1. The van der Waals surface area contributed by atoms with E-state index < -0.39 is 0 Å². The normalized spacial score (nSPS) is 10.4. The molecule has 3 aromatic rings. The number of hydrogen-bond acceptors (Lipinski definition) is 6. The van der Waals surface area contributed by atoms with Crippen LogP contribution in [0.15, 0.2) is 54.6 Å². The van der Waals surface area contributed by atoms with E-state index in [1.165, 1.54) is 4.68 Å². The van der Waals surface area contributed by atoms with Gasteiger partial charge in [0.25, 0.3) is 0 Å². The maximum Gasteiger partial charge on any atom is 0.246 e. The lowest BCUT2D eigenvalue weighted by Gasteiger charge is -2.09. The van der Waals surface area contributed by atoms with E-state index >= 15 is 0 Å². The quantitative estimate of drug-likeness (QED) is 0.582. The zero-order valence-corrected chi connectivity index (χ0v) is 14.5. The number of carbonyl (C=O) groups is 2. The average molecular weight is 365 g/mol. The summed E-state index contributed by atoms with van der Waals surface area (Å²) in [6.07, 6.45) is 1.04. The Labute approximate surface area is 155 Å². The van der Waals surface area contributed by atoms with Crippen LogP contribution in [-0.4, -0.2) is 32.0 Å². The molecule has 2 aromatic carbocycles. The number of nitrogens with one attached hydrogen (secondary N) is 2. The van der Waals surface area contributed by atoms with Gasteiger partial charge in [0.15, 0.2) is 0 Å². The molecule has 4 N–H and O–H groups in total. The number of aryl methyl sites for hydroxylation is 1. The highest BCUT2D eigenvalue weighted by Gasteiger charge is 2.09. The number of nitrogens with two attached hydrogens (primary N) is 1. The van der Waals surface area contributed by atoms with E-state index in [1.54, 1.807) is 24.3 Å². The van der Waals surface area contributed by atoms with E-state index in [2.05, 4.69) is 26.2 Å². The second-order valence-electron chi connectivity index (χ2n) is 5.86. The van der Waals surface area contributed by atoms with Crippen LogP contribution in [-0.2, 0) is 22.6 Å². The topological polar surface area (TPSA) is 128 Å². The maximum absolute atomic E-state index is 12.1. The molecule has 3 rings (SSSR count). The highest BCUT2D eigenvalue weighted by atomic mass is 16.2. The summed E-state index contributed by atoms with van der Waals surface area (Å²) >= 11 is 0. The van der Waals surface area contributed by atoms with E-state index in [0.29, 0.717) is 24.2 Å². The fourth-order valence-corrected chi connectivity index (χ4v) is 2.46. The molecule has 0 fully saturated rings. The highest BCUT2D eigenvalue weighted by Crippen LogP contribution is 2.16. The molecule has 2 amide bonds. The van der Waals surface area contributed by atoms with Crippen LogP contribution in [0.4, 0.5) is 17.3 Å². The van der Waals surface area contributed by atoms with Crippen molar-refractivity contribution in [1.82, 2.24) is 20.2 Å². The number of nitrogens with zero attached hydrogens (tertiary/aromatic N) is 4. The van der Waals surface area contributed by atoms with Gasteiger partial charge in [-0.05, 0) is 40.6 Å². The van der Waals surface area contributed by atoms with E-state index in [0.717, 1.165) is 5.56 Å². The van der Waals surface area contributed by atoms with Crippen LogP contribution in [0, 0.1) is 0 Å². The molecule has 0 spiro atoms. The third-order valence-electron chi connectivity index (χ3n) is 3.77. The predicted octanol–water partition coefficient (Wildman–Crippen LogP) is 1.47. The van der Waals surface area contributed by atoms with Gasteiger partial charge in [-0.3, -0.25) is 9.59 Å². The largest absolute Gasteiger partial charge is 0.367 e. The first-order valence-electron chi connectivity index (χ1n) is 8.35. The second kappa shape index (κ2) is 8.56. The first kappa shape index (κ1) is 18.1. The van der Waals surface area contributed by atoms with Gasteiger partial charge in [-0.2, -0.15) is 0 Å². The van der Waals surface area contributed by atoms with Gasteiger partial charge in [-0.1, -0.05) is 41.5 Å². The van der Waals surface area contributed by atoms with Crippen LogP contribution in [0.25, 0.3) is 0 Å². The lowest BCUT2D eigenvalue weighted by Crippen LogP contribution is -2.21. The average Bonchev–Trinajstić information content (AvgIpc) is 3.05. The minimum atomic E-state index is -0.332. The fraction of sp³-hybridized carbons (Fsp3) is 0.167. The minimum Gasteiger partial charge on any atom is -0.367 e. The van der Waals surface area contributed by atoms with E-state index in [4.69, 9.17) is 5.73 Å². The van der Waals surface area contributed by atoms with Crippen LogP contribution < -0.4 is 16.4 Å². The molecule has 9 heteroatoms. The molecule has 0 aliphatic rings. The molecular weight excluding hydrogens is 346 g/mol. The fourth-order valence-electron chi connectivity index (χ4n) is 2.46. The Bertz CT molecular complexity index is 924. The van der Waals surface area contributed by atoms with Crippen molar-refractivity contribution in [3.63, 3.8) is 0 Å². The number of amides is 2. The van der Waals surface area contributed by atoms with Gasteiger partial charge in [0.1, 0.15) is 6.54 Å². The summed E-state index contributed by atoms with van der Waals surface area (Å²) in [5.74, 6) is -0.366. The summed E-state index contributed by atoms with van der Waals surface area (Å²) in [6, 6.07) is 16.7. The number of nitrogen functional groups attached to an aromatic ring is 1. The van der Waals surface area contributed by atoms with Crippen LogP contribution in [0.3, 0.4) is 0 Å². The van der Waals surface area contributed by atoms with Gasteiger partial charge < -0.3 is 16.4 Å². The number of aromatic nitrogens is 4. The Morgan fingerprint density at radius 1 is 0.963 bits per heavy atom. The molecule has 0 aliphatic carbocycles. The molecule has 0 saturated carbocycles. The highest BCUT2D eigenvalue weighted by molar-refractivity contribution is 5.94. The number of tetrazole rings is 1. The zero-order valence-electron chi connectivity index (χ0n) is 14.5. The van der Waals surface area contributed by atoms with Crippen molar-refractivity contribution in [2.45, 2.75) is 19.4 Å². The molecule has 1 heterocycles. The predicted molar refractivity (Wildman–Crippen MR) is 101 cm³/mol. The van der Waals surface area contributed by atoms with E-state index in [9.17, 15) is 9.59 Å². The second-order valence-corrected chi connectivity index (χ2v) is 5.86. The van der Waals surface area contributed by atoms with Crippen molar-refractivity contribution in [1.29, 1.82) is 0 Å². The summed E-state index contributed by atoms with van der Waals surface area (Å²) in [6.45, 7) is -0.105. The van der Waals surface area contributed by atoms with Gasteiger partial charge in [-0.15, -0.1) is 0 Å². The van der Waals surface area contributed by atoms with Crippen LogP contribution >= 0.6 is 0 Å². The van der Waals surface area contributed by atoms with Gasteiger partial charge in [0.2, 0.25) is 17.8 Å². The third-order valence-corrected chi connectivity index (χ3v) is 3.77. The van der Waals surface area contributed by atoms with Crippen LogP contribution in [0.2, 0.25) is 0 Å². The lowest BCUT2D eigenvalue weighted by molar-refractivity contribution is -0.117. The van der Waals surface area contributed by atoms with Crippen molar-refractivity contribution in [2.24, 2.45) is 0 Å². The van der Waals surface area contributed by atoms with Gasteiger partial charge in [0.05, 0.1) is 0 Å². The Hall–Kier alpha value is -3.75. The van der Waals surface area contributed by atoms with Crippen molar-refractivity contribution >= 4 is 29.1 Å². The maximum atomic E-state index is 12.1. The Balaban J connectivity index is 1.53. The standard InChI is InChI=1S/C18H19N7O2/c19-18-22-23-24-25(18)12-17(27)21-15-8-4-7-14(11-15)20-16(26)10-9-13-5-2-1-3-6-13/h1-8,11H,9-10,12H2,(H,20,26)(H,21,27)(H2,19,22,24). The van der Waals surface area contributed by atoms with Gasteiger partial charge >= 0.3 is 0 Å². The van der Waals surface area contributed by atoms with Crippen LogP contribution in [0.1, 0.15) is 12.0 Å². The lowest BCUT2D eigenvalue weighted by atomic mass is 10.1. The summed E-state index contributed by atoms with van der Waals surface area (Å²) < 4.78 is 1.19.